The first kappa shape index (κ1) is 24.6. The number of aromatic hydroxyl groups is 1. The van der Waals surface area contributed by atoms with E-state index in [4.69, 9.17) is 0 Å². The minimum Gasteiger partial charge on any atom is -0.507 e. The van der Waals surface area contributed by atoms with Crippen molar-refractivity contribution in [1.29, 1.82) is 0 Å². The molecule has 3 heterocycles. The molecule has 36 heavy (non-hydrogen) atoms. The number of piperidine rings is 1. The Morgan fingerprint density at radius 2 is 1.97 bits per heavy atom. The predicted octanol–water partition coefficient (Wildman–Crippen LogP) is 4.66. The number of fused-ring (bicyclic) bond motifs is 1. The molecule has 2 N–H and O–H groups in total. The number of benzene rings is 2. The number of nitrogens with zero attached hydrogens (tertiary/aromatic N) is 4. The normalized spacial score (nSPS) is 16.9. The summed E-state index contributed by atoms with van der Waals surface area (Å²) in [5.74, 6) is -1.28. The molecule has 1 atom stereocenters. The third-order valence-electron chi connectivity index (χ3n) is 6.17. The van der Waals surface area contributed by atoms with Crippen LogP contribution >= 0.6 is 15.9 Å². The average molecular weight is 578 g/mol. The van der Waals surface area contributed by atoms with E-state index in [1.165, 1.54) is 4.31 Å². The molecule has 1 unspecified atom stereocenters. The van der Waals surface area contributed by atoms with Gasteiger partial charge in [0.05, 0.1) is 16.4 Å². The van der Waals surface area contributed by atoms with Gasteiger partial charge in [0.15, 0.2) is 5.65 Å². The summed E-state index contributed by atoms with van der Waals surface area (Å²) in [7, 11) is -4.10. The molecule has 2 aromatic heterocycles. The van der Waals surface area contributed by atoms with Gasteiger partial charge in [0, 0.05) is 37.3 Å². The van der Waals surface area contributed by atoms with Crippen LogP contribution in [0.2, 0.25) is 0 Å². The number of hydrogen-bond acceptors (Lipinski definition) is 6. The summed E-state index contributed by atoms with van der Waals surface area (Å²) in [4.78, 5) is 4.09. The van der Waals surface area contributed by atoms with Crippen LogP contribution in [0.4, 0.5) is 14.6 Å². The highest BCUT2D eigenvalue weighted by Gasteiger charge is 2.32. The van der Waals surface area contributed by atoms with Crippen molar-refractivity contribution in [2.75, 3.05) is 25.0 Å². The lowest BCUT2D eigenvalue weighted by atomic mass is 10.00. The molecule has 2 aromatic carbocycles. The van der Waals surface area contributed by atoms with E-state index in [-0.39, 0.29) is 24.8 Å². The molecule has 0 aliphatic carbocycles. The monoisotopic (exact) mass is 577 g/mol. The number of phenols is 1. The Bertz CT molecular complexity index is 1550. The zero-order valence-corrected chi connectivity index (χ0v) is 21.3. The number of phenolic OH excluding ortho intramolecular Hbond substituents is 1. The standard InChI is InChI=1S/C24H22BrF2N5O3S/c25-18-13-29-32-23(11-20(30-24(18)32)17-5-1-2-6-21(17)33)28-12-15-4-3-9-31(14-15)36(34,35)22-8-7-16(26)10-19(22)27/h1-2,5-8,10-11,13,15,28,33H,3-4,9,12,14H2. The Kier molecular flexibility index (Phi) is 6.66. The van der Waals surface area contributed by atoms with Gasteiger partial charge in [-0.3, -0.25) is 0 Å². The molecule has 8 nitrogen and oxygen atoms in total. The number of hydrogen-bond donors (Lipinski definition) is 2. The van der Waals surface area contributed by atoms with Gasteiger partial charge < -0.3 is 10.4 Å². The van der Waals surface area contributed by atoms with E-state index < -0.39 is 26.6 Å². The Balaban J connectivity index is 1.38. The quantitative estimate of drug-likeness (QED) is 0.346. The average Bonchev–Trinajstić information content (AvgIpc) is 3.23. The fourth-order valence-corrected chi connectivity index (χ4v) is 6.32. The van der Waals surface area contributed by atoms with E-state index in [0.717, 1.165) is 18.6 Å². The number of anilines is 1. The first-order valence-corrected chi connectivity index (χ1v) is 13.5. The second-order valence-corrected chi connectivity index (χ2v) is 11.4. The molecule has 0 bridgehead atoms. The highest BCUT2D eigenvalue weighted by Crippen LogP contribution is 2.32. The summed E-state index contributed by atoms with van der Waals surface area (Å²) in [5, 5.41) is 18.0. The molecule has 0 amide bonds. The van der Waals surface area contributed by atoms with Crippen LogP contribution in [0.1, 0.15) is 12.8 Å². The van der Waals surface area contributed by atoms with Gasteiger partial charge in [-0.1, -0.05) is 12.1 Å². The fraction of sp³-hybridized carbons (Fsp3) is 0.250. The summed E-state index contributed by atoms with van der Waals surface area (Å²) in [6, 6.07) is 11.1. The molecule has 1 aliphatic heterocycles. The number of aromatic nitrogens is 3. The van der Waals surface area contributed by atoms with Crippen molar-refractivity contribution in [1.82, 2.24) is 18.9 Å². The molecule has 1 fully saturated rings. The van der Waals surface area contributed by atoms with Gasteiger partial charge in [-0.2, -0.15) is 13.9 Å². The van der Waals surface area contributed by atoms with Gasteiger partial charge in [0.2, 0.25) is 10.0 Å². The van der Waals surface area contributed by atoms with Crippen LogP contribution in [-0.4, -0.2) is 52.1 Å². The molecule has 188 valence electrons. The maximum Gasteiger partial charge on any atom is 0.245 e. The molecule has 1 saturated heterocycles. The van der Waals surface area contributed by atoms with Crippen molar-refractivity contribution in [2.24, 2.45) is 5.92 Å². The van der Waals surface area contributed by atoms with E-state index in [1.54, 1.807) is 41.0 Å². The number of sulfonamides is 1. The second-order valence-electron chi connectivity index (χ2n) is 8.60. The van der Waals surface area contributed by atoms with Crippen LogP contribution in [0.15, 0.2) is 64.1 Å². The highest BCUT2D eigenvalue weighted by molar-refractivity contribution is 9.10. The van der Waals surface area contributed by atoms with Gasteiger partial charge in [-0.05, 0) is 59.0 Å². The third-order valence-corrected chi connectivity index (χ3v) is 8.63. The van der Waals surface area contributed by atoms with Crippen LogP contribution in [0.25, 0.3) is 16.9 Å². The molecule has 0 radical (unpaired) electrons. The van der Waals surface area contributed by atoms with Crippen molar-refractivity contribution in [3.05, 3.63) is 70.8 Å². The summed E-state index contributed by atoms with van der Waals surface area (Å²) in [6.07, 6.45) is 3.00. The molecule has 1 aliphatic rings. The maximum absolute atomic E-state index is 14.2. The first-order valence-electron chi connectivity index (χ1n) is 11.3. The Morgan fingerprint density at radius 1 is 1.17 bits per heavy atom. The number of rotatable bonds is 6. The maximum atomic E-state index is 14.2. The summed E-state index contributed by atoms with van der Waals surface area (Å²) in [5.41, 5.74) is 1.66. The second kappa shape index (κ2) is 9.75. The van der Waals surface area contributed by atoms with Crippen molar-refractivity contribution in [3.63, 3.8) is 0 Å². The largest absolute Gasteiger partial charge is 0.507 e. The highest BCUT2D eigenvalue weighted by atomic mass is 79.9. The lowest BCUT2D eigenvalue weighted by Gasteiger charge is -2.32. The van der Waals surface area contributed by atoms with Crippen LogP contribution in [-0.2, 0) is 10.0 Å². The minimum absolute atomic E-state index is 0.0622. The van der Waals surface area contributed by atoms with Gasteiger partial charge in [0.1, 0.15) is 28.1 Å². The Morgan fingerprint density at radius 3 is 2.75 bits per heavy atom. The van der Waals surface area contributed by atoms with Crippen molar-refractivity contribution in [2.45, 2.75) is 17.7 Å². The van der Waals surface area contributed by atoms with Crippen LogP contribution in [0.3, 0.4) is 0 Å². The van der Waals surface area contributed by atoms with Gasteiger partial charge in [-0.25, -0.2) is 22.2 Å². The Labute approximate surface area is 214 Å². The van der Waals surface area contributed by atoms with E-state index in [0.29, 0.717) is 46.2 Å². The molecular formula is C24H22BrF2N5O3S. The smallest absolute Gasteiger partial charge is 0.245 e. The number of para-hydroxylation sites is 1. The van der Waals surface area contributed by atoms with E-state index in [1.807, 2.05) is 0 Å². The summed E-state index contributed by atoms with van der Waals surface area (Å²) < 4.78 is 57.2. The minimum atomic E-state index is -4.10. The van der Waals surface area contributed by atoms with Crippen LogP contribution in [0, 0.1) is 17.6 Å². The molecule has 0 saturated carbocycles. The topological polar surface area (TPSA) is 99.8 Å². The van der Waals surface area contributed by atoms with Crippen LogP contribution in [0.5, 0.6) is 5.75 Å². The van der Waals surface area contributed by atoms with E-state index >= 15 is 0 Å². The Hall–Kier alpha value is -3.09. The number of nitrogens with one attached hydrogen (secondary N) is 1. The summed E-state index contributed by atoms with van der Waals surface area (Å²) in [6.45, 7) is 0.878. The van der Waals surface area contributed by atoms with Gasteiger partial charge >= 0.3 is 0 Å². The van der Waals surface area contributed by atoms with E-state index in [9.17, 15) is 22.3 Å². The summed E-state index contributed by atoms with van der Waals surface area (Å²) >= 11 is 3.45. The SMILES string of the molecule is O=S(=O)(c1ccc(F)cc1F)N1CCCC(CNc2cc(-c3ccccc3O)nc3c(Br)cnn23)C1. The van der Waals surface area contributed by atoms with Crippen molar-refractivity contribution >= 4 is 37.4 Å². The molecule has 4 aromatic rings. The predicted molar refractivity (Wildman–Crippen MR) is 134 cm³/mol. The zero-order chi connectivity index (χ0) is 25.4. The number of halogens is 3. The third kappa shape index (κ3) is 4.67. The molecular weight excluding hydrogens is 556 g/mol. The van der Waals surface area contributed by atoms with Crippen LogP contribution < -0.4 is 5.32 Å². The molecule has 12 heteroatoms. The lowest BCUT2D eigenvalue weighted by molar-refractivity contribution is 0.274. The van der Waals surface area contributed by atoms with E-state index in [2.05, 4.69) is 31.3 Å². The van der Waals surface area contributed by atoms with Gasteiger partial charge in [0.25, 0.3) is 0 Å². The van der Waals surface area contributed by atoms with Gasteiger partial charge in [-0.15, -0.1) is 0 Å². The fourth-order valence-electron chi connectivity index (χ4n) is 4.37. The van der Waals surface area contributed by atoms with Crippen molar-refractivity contribution in [3.8, 4) is 17.0 Å². The molecule has 0 spiro atoms. The van der Waals surface area contributed by atoms with Crippen molar-refractivity contribution < 1.29 is 22.3 Å². The first-order chi connectivity index (χ1) is 17.2. The lowest BCUT2D eigenvalue weighted by Crippen LogP contribution is -2.42. The zero-order valence-electron chi connectivity index (χ0n) is 18.9. The molecule has 5 rings (SSSR count).